The molecule has 0 fully saturated rings. The van der Waals surface area contributed by atoms with Gasteiger partial charge >= 0.3 is 0 Å². The first-order valence-electron chi connectivity index (χ1n) is 3.75. The number of aromatic hydroxyl groups is 1. The Balaban J connectivity index is 2.94. The number of phenols is 1. The summed E-state index contributed by atoms with van der Waals surface area (Å²) in [5.74, 6) is -2.42. The molecule has 0 saturated carbocycles. The van der Waals surface area contributed by atoms with E-state index in [9.17, 15) is 13.6 Å². The second-order valence-corrected chi connectivity index (χ2v) is 2.60. The van der Waals surface area contributed by atoms with E-state index in [4.69, 9.17) is 5.11 Å². The fraction of sp³-hybridized carbons (Fsp3) is 0.222. The van der Waals surface area contributed by atoms with Gasteiger partial charge in [0.25, 0.3) is 0 Å². The lowest BCUT2D eigenvalue weighted by molar-refractivity contribution is -0.107. The van der Waals surface area contributed by atoms with E-state index in [0.29, 0.717) is 12.4 Å². The molecule has 0 amide bonds. The van der Waals surface area contributed by atoms with Crippen molar-refractivity contribution in [3.8, 4) is 5.75 Å². The van der Waals surface area contributed by atoms with Gasteiger partial charge in [-0.05, 0) is 18.1 Å². The van der Waals surface area contributed by atoms with Crippen LogP contribution in [0.1, 0.15) is 12.0 Å². The first-order valence-corrected chi connectivity index (χ1v) is 3.75. The van der Waals surface area contributed by atoms with Crippen LogP contribution < -0.4 is 0 Å². The van der Waals surface area contributed by atoms with Crippen LogP contribution in [0.3, 0.4) is 0 Å². The van der Waals surface area contributed by atoms with Crippen molar-refractivity contribution >= 4 is 6.29 Å². The maximum atomic E-state index is 12.6. The van der Waals surface area contributed by atoms with E-state index < -0.39 is 11.6 Å². The largest absolute Gasteiger partial charge is 0.508 e. The maximum Gasteiger partial charge on any atom is 0.162 e. The molecule has 1 aromatic rings. The lowest BCUT2D eigenvalue weighted by Crippen LogP contribution is -1.91. The van der Waals surface area contributed by atoms with Gasteiger partial charge in [-0.25, -0.2) is 8.78 Å². The van der Waals surface area contributed by atoms with Crippen molar-refractivity contribution in [3.05, 3.63) is 29.3 Å². The molecule has 2 nitrogen and oxygen atoms in total. The molecule has 0 aromatic heterocycles. The fourth-order valence-electron chi connectivity index (χ4n) is 0.992. The number of rotatable bonds is 3. The van der Waals surface area contributed by atoms with Gasteiger partial charge in [-0.1, -0.05) is 0 Å². The average Bonchev–Trinajstić information content (AvgIpc) is 2.09. The highest BCUT2D eigenvalue weighted by Gasteiger charge is 2.08. The van der Waals surface area contributed by atoms with Crippen LogP contribution in [0.4, 0.5) is 8.78 Å². The number of hydrogen-bond donors (Lipinski definition) is 1. The van der Waals surface area contributed by atoms with E-state index in [-0.39, 0.29) is 24.2 Å². The Hall–Kier alpha value is -1.45. The van der Waals surface area contributed by atoms with E-state index >= 15 is 0 Å². The predicted molar refractivity (Wildman–Crippen MR) is 42.4 cm³/mol. The molecule has 0 saturated heterocycles. The van der Waals surface area contributed by atoms with Crippen molar-refractivity contribution in [2.75, 3.05) is 0 Å². The molecule has 0 aliphatic heterocycles. The summed E-state index contributed by atoms with van der Waals surface area (Å²) in [5.41, 5.74) is 0.242. The van der Waals surface area contributed by atoms with Gasteiger partial charge in [-0.2, -0.15) is 0 Å². The molecule has 0 bridgehead atoms. The number of carbonyl (C=O) groups excluding carboxylic acids is 1. The zero-order chi connectivity index (χ0) is 9.84. The smallest absolute Gasteiger partial charge is 0.162 e. The van der Waals surface area contributed by atoms with Crippen LogP contribution in [0, 0.1) is 11.6 Å². The second kappa shape index (κ2) is 3.98. The van der Waals surface area contributed by atoms with Gasteiger partial charge < -0.3 is 9.90 Å². The van der Waals surface area contributed by atoms with Gasteiger partial charge in [0.2, 0.25) is 0 Å². The van der Waals surface area contributed by atoms with E-state index in [1.165, 1.54) is 0 Å². The van der Waals surface area contributed by atoms with Crippen molar-refractivity contribution in [2.45, 2.75) is 12.8 Å². The number of aldehydes is 1. The Morgan fingerprint density at radius 1 is 1.31 bits per heavy atom. The third-order valence-electron chi connectivity index (χ3n) is 1.65. The molecular formula is C9H8F2O2. The Labute approximate surface area is 73.8 Å². The van der Waals surface area contributed by atoms with Crippen LogP contribution in [-0.4, -0.2) is 11.4 Å². The second-order valence-electron chi connectivity index (χ2n) is 2.60. The molecule has 0 unspecified atom stereocenters. The molecule has 4 heteroatoms. The Bertz CT molecular complexity index is 324. The minimum absolute atomic E-state index is 0.179. The Kier molecular flexibility index (Phi) is 2.95. The number of phenolic OH excluding ortho intramolecular Hbond substituents is 1. The molecule has 0 radical (unpaired) electrons. The minimum atomic E-state index is -1.09. The van der Waals surface area contributed by atoms with Gasteiger partial charge in [-0.3, -0.25) is 0 Å². The van der Waals surface area contributed by atoms with Crippen LogP contribution >= 0.6 is 0 Å². The highest BCUT2D eigenvalue weighted by Crippen LogP contribution is 2.21. The van der Waals surface area contributed by atoms with Gasteiger partial charge in [0.1, 0.15) is 12.0 Å². The molecule has 1 aromatic carbocycles. The van der Waals surface area contributed by atoms with Crippen LogP contribution in [0.2, 0.25) is 0 Å². The third-order valence-corrected chi connectivity index (χ3v) is 1.65. The normalized spacial score (nSPS) is 10.0. The lowest BCUT2D eigenvalue weighted by Gasteiger charge is -2.02. The van der Waals surface area contributed by atoms with Crippen LogP contribution in [0.25, 0.3) is 0 Å². The number of carbonyl (C=O) groups is 1. The van der Waals surface area contributed by atoms with E-state index in [2.05, 4.69) is 0 Å². The highest BCUT2D eigenvalue weighted by molar-refractivity contribution is 5.50. The zero-order valence-corrected chi connectivity index (χ0v) is 6.76. The van der Waals surface area contributed by atoms with Crippen molar-refractivity contribution in [1.29, 1.82) is 0 Å². The first-order chi connectivity index (χ1) is 6.15. The summed E-state index contributed by atoms with van der Waals surface area (Å²) < 4.78 is 25.1. The topological polar surface area (TPSA) is 37.3 Å². The Morgan fingerprint density at radius 3 is 2.54 bits per heavy atom. The van der Waals surface area contributed by atoms with Gasteiger partial charge in [0.15, 0.2) is 11.6 Å². The number of hydrogen-bond acceptors (Lipinski definition) is 2. The van der Waals surface area contributed by atoms with E-state index in [0.717, 1.165) is 6.07 Å². The molecule has 13 heavy (non-hydrogen) atoms. The number of halogens is 2. The summed E-state index contributed by atoms with van der Waals surface area (Å²) in [7, 11) is 0. The standard InChI is InChI=1S/C9H8F2O2/c10-7-4-6(2-1-3-12)9(13)5-8(7)11/h3-5,13H,1-2H2. The highest BCUT2D eigenvalue weighted by atomic mass is 19.2. The average molecular weight is 186 g/mol. The molecule has 0 spiro atoms. The molecule has 0 aliphatic carbocycles. The predicted octanol–water partition coefficient (Wildman–Crippen LogP) is 1.80. The summed E-state index contributed by atoms with van der Waals surface area (Å²) in [4.78, 5) is 9.99. The van der Waals surface area contributed by atoms with Crippen LogP contribution in [0.15, 0.2) is 12.1 Å². The number of benzene rings is 1. The summed E-state index contributed by atoms with van der Waals surface area (Å²) in [5, 5.41) is 9.12. The third kappa shape index (κ3) is 2.24. The van der Waals surface area contributed by atoms with Crippen molar-refractivity contribution < 1.29 is 18.7 Å². The molecular weight excluding hydrogens is 178 g/mol. The van der Waals surface area contributed by atoms with Crippen LogP contribution in [-0.2, 0) is 11.2 Å². The molecule has 0 heterocycles. The summed E-state index contributed by atoms with van der Waals surface area (Å²) in [6.45, 7) is 0. The van der Waals surface area contributed by atoms with Crippen molar-refractivity contribution in [3.63, 3.8) is 0 Å². The number of aryl methyl sites for hydroxylation is 1. The SMILES string of the molecule is O=CCCc1cc(F)c(F)cc1O. The summed E-state index contributed by atoms with van der Waals surface area (Å²) in [6, 6.07) is 1.60. The van der Waals surface area contributed by atoms with Gasteiger partial charge in [0, 0.05) is 12.5 Å². The fourth-order valence-corrected chi connectivity index (χ4v) is 0.992. The van der Waals surface area contributed by atoms with Crippen molar-refractivity contribution in [1.82, 2.24) is 0 Å². The molecule has 0 atom stereocenters. The molecule has 0 aliphatic rings. The lowest BCUT2D eigenvalue weighted by atomic mass is 10.1. The summed E-state index contributed by atoms with van der Waals surface area (Å²) in [6.07, 6.45) is 1.05. The van der Waals surface area contributed by atoms with Gasteiger partial charge in [0.05, 0.1) is 0 Å². The van der Waals surface area contributed by atoms with Crippen molar-refractivity contribution in [2.24, 2.45) is 0 Å². The van der Waals surface area contributed by atoms with Gasteiger partial charge in [-0.15, -0.1) is 0 Å². The van der Waals surface area contributed by atoms with E-state index in [1.54, 1.807) is 0 Å². The van der Waals surface area contributed by atoms with Crippen LogP contribution in [0.5, 0.6) is 5.75 Å². The first kappa shape index (κ1) is 9.64. The maximum absolute atomic E-state index is 12.6. The molecule has 70 valence electrons. The minimum Gasteiger partial charge on any atom is -0.508 e. The Morgan fingerprint density at radius 2 is 1.92 bits per heavy atom. The quantitative estimate of drug-likeness (QED) is 0.731. The summed E-state index contributed by atoms with van der Waals surface area (Å²) >= 11 is 0. The van der Waals surface area contributed by atoms with E-state index in [1.807, 2.05) is 0 Å². The zero-order valence-electron chi connectivity index (χ0n) is 6.76. The molecule has 1 N–H and O–H groups in total. The molecule has 1 rings (SSSR count). The monoisotopic (exact) mass is 186 g/mol.